The largest absolute Gasteiger partial charge is 0.437 e. The third-order valence-corrected chi connectivity index (χ3v) is 6.59. The van der Waals surface area contributed by atoms with E-state index >= 15 is 0 Å². The number of furan rings is 1. The van der Waals surface area contributed by atoms with Crippen molar-refractivity contribution in [1.82, 2.24) is 24.6 Å². The zero-order chi connectivity index (χ0) is 23.2. The summed E-state index contributed by atoms with van der Waals surface area (Å²) in [5, 5.41) is 6.09. The van der Waals surface area contributed by atoms with Gasteiger partial charge in [-0.05, 0) is 17.7 Å². The third kappa shape index (κ3) is 3.46. The summed E-state index contributed by atoms with van der Waals surface area (Å²) in [5.74, 6) is 1.94. The van der Waals surface area contributed by atoms with E-state index in [0.717, 1.165) is 38.9 Å². The van der Waals surface area contributed by atoms with Gasteiger partial charge in [-0.15, -0.1) is 5.10 Å². The van der Waals surface area contributed by atoms with Gasteiger partial charge in [0.05, 0.1) is 11.1 Å². The summed E-state index contributed by atoms with van der Waals surface area (Å²) in [7, 11) is 0. The fourth-order valence-corrected chi connectivity index (χ4v) is 4.90. The lowest BCUT2D eigenvalue weighted by Crippen LogP contribution is -1.91. The zero-order valence-electron chi connectivity index (χ0n) is 18.3. The SMILES string of the molecule is c1ccc(-c2oc3ncn4nc(CSc5nc6ccccc6o5)nc4c3c2-c2ccccc2)cc1. The highest BCUT2D eigenvalue weighted by Gasteiger charge is 2.23. The number of hydrogen-bond donors (Lipinski definition) is 0. The van der Waals surface area contributed by atoms with Gasteiger partial charge in [0.15, 0.2) is 17.1 Å². The summed E-state index contributed by atoms with van der Waals surface area (Å²) in [6.45, 7) is 0. The number of hydrogen-bond acceptors (Lipinski definition) is 7. The minimum atomic E-state index is 0.514. The molecule has 35 heavy (non-hydrogen) atoms. The summed E-state index contributed by atoms with van der Waals surface area (Å²) >= 11 is 1.46. The van der Waals surface area contributed by atoms with Gasteiger partial charge in [0, 0.05) is 11.1 Å². The minimum absolute atomic E-state index is 0.514. The number of benzene rings is 3. The Balaban J connectivity index is 1.35. The first-order valence-electron chi connectivity index (χ1n) is 11.1. The highest BCUT2D eigenvalue weighted by Crippen LogP contribution is 2.41. The minimum Gasteiger partial charge on any atom is -0.437 e. The third-order valence-electron chi connectivity index (χ3n) is 5.77. The van der Waals surface area contributed by atoms with Crippen LogP contribution in [0.4, 0.5) is 0 Å². The monoisotopic (exact) mass is 475 g/mol. The van der Waals surface area contributed by atoms with E-state index in [9.17, 15) is 0 Å². The van der Waals surface area contributed by atoms with Crippen molar-refractivity contribution >= 4 is 39.6 Å². The molecule has 0 radical (unpaired) electrons. The van der Waals surface area contributed by atoms with E-state index in [1.165, 1.54) is 11.8 Å². The van der Waals surface area contributed by atoms with Crippen molar-refractivity contribution in [1.29, 1.82) is 0 Å². The molecule has 0 amide bonds. The Morgan fingerprint density at radius 2 is 1.51 bits per heavy atom. The van der Waals surface area contributed by atoms with Gasteiger partial charge in [-0.2, -0.15) is 0 Å². The molecule has 0 fully saturated rings. The maximum absolute atomic E-state index is 6.30. The first kappa shape index (κ1) is 20.0. The number of aromatic nitrogens is 5. The molecule has 0 atom stereocenters. The fraction of sp³-hybridized carbons (Fsp3) is 0.0370. The molecule has 4 heterocycles. The van der Waals surface area contributed by atoms with Crippen LogP contribution in [0.15, 0.2) is 105 Å². The fourth-order valence-electron chi connectivity index (χ4n) is 4.22. The number of rotatable bonds is 5. The highest BCUT2D eigenvalue weighted by molar-refractivity contribution is 7.98. The average Bonchev–Trinajstić information content (AvgIpc) is 3.62. The van der Waals surface area contributed by atoms with E-state index < -0.39 is 0 Å². The second kappa shape index (κ2) is 8.11. The summed E-state index contributed by atoms with van der Waals surface area (Å²) < 4.78 is 13.8. The first-order valence-corrected chi connectivity index (χ1v) is 12.1. The average molecular weight is 476 g/mol. The van der Waals surface area contributed by atoms with Crippen LogP contribution in [0.3, 0.4) is 0 Å². The van der Waals surface area contributed by atoms with Crippen LogP contribution in [0.1, 0.15) is 5.82 Å². The van der Waals surface area contributed by atoms with E-state index in [1.807, 2.05) is 72.8 Å². The van der Waals surface area contributed by atoms with Crippen LogP contribution in [-0.2, 0) is 5.75 Å². The van der Waals surface area contributed by atoms with Gasteiger partial charge in [-0.3, -0.25) is 0 Å². The smallest absolute Gasteiger partial charge is 0.257 e. The maximum atomic E-state index is 6.30. The first-order chi connectivity index (χ1) is 17.3. The molecule has 7 aromatic rings. The van der Waals surface area contributed by atoms with E-state index in [-0.39, 0.29) is 0 Å². The van der Waals surface area contributed by atoms with Gasteiger partial charge < -0.3 is 8.83 Å². The van der Waals surface area contributed by atoms with Gasteiger partial charge in [0.2, 0.25) is 5.71 Å². The maximum Gasteiger partial charge on any atom is 0.257 e. The summed E-state index contributed by atoms with van der Waals surface area (Å²) in [6.07, 6.45) is 1.64. The Bertz CT molecular complexity index is 1770. The number of fused-ring (bicyclic) bond motifs is 4. The molecule has 168 valence electrons. The van der Waals surface area contributed by atoms with Crippen LogP contribution < -0.4 is 0 Å². The molecule has 4 aromatic heterocycles. The number of para-hydroxylation sites is 2. The Hall–Kier alpha value is -4.43. The molecule has 7 rings (SSSR count). The molecule has 0 spiro atoms. The van der Waals surface area contributed by atoms with E-state index in [4.69, 9.17) is 13.8 Å². The lowest BCUT2D eigenvalue weighted by molar-refractivity contribution is 0.489. The molecule has 7 nitrogen and oxygen atoms in total. The van der Waals surface area contributed by atoms with Crippen molar-refractivity contribution in [3.63, 3.8) is 0 Å². The molecule has 0 saturated heterocycles. The summed E-state index contributed by atoms with van der Waals surface area (Å²) in [4.78, 5) is 14.0. The molecular weight excluding hydrogens is 458 g/mol. The van der Waals surface area contributed by atoms with Crippen LogP contribution >= 0.6 is 11.8 Å². The molecule has 0 aliphatic carbocycles. The Kier molecular flexibility index (Phi) is 4.63. The molecule has 0 bridgehead atoms. The van der Waals surface area contributed by atoms with Crippen molar-refractivity contribution in [3.8, 4) is 22.5 Å². The van der Waals surface area contributed by atoms with Crippen LogP contribution in [0, 0.1) is 0 Å². The highest BCUT2D eigenvalue weighted by atomic mass is 32.2. The number of thioether (sulfide) groups is 1. The van der Waals surface area contributed by atoms with Crippen LogP contribution in [0.2, 0.25) is 0 Å². The summed E-state index contributed by atoms with van der Waals surface area (Å²) in [6, 6.07) is 28.0. The predicted octanol–water partition coefficient (Wildman–Crippen LogP) is 6.64. The van der Waals surface area contributed by atoms with E-state index in [1.54, 1.807) is 10.8 Å². The van der Waals surface area contributed by atoms with Gasteiger partial charge in [-0.25, -0.2) is 19.5 Å². The summed E-state index contributed by atoms with van der Waals surface area (Å²) in [5.41, 5.74) is 5.80. The van der Waals surface area contributed by atoms with Crippen molar-refractivity contribution in [2.45, 2.75) is 11.0 Å². The standard InChI is InChI=1S/C27H17N5O2S/c1-3-9-17(10-4-1)22-23-25-30-21(15-35-27-29-19-13-7-8-14-20(19)33-27)31-32(25)16-28-26(23)34-24(22)18-11-5-2-6-12-18/h1-14,16H,15H2. The Morgan fingerprint density at radius 3 is 2.31 bits per heavy atom. The van der Waals surface area contributed by atoms with Crippen LogP contribution in [0.5, 0.6) is 0 Å². The predicted molar refractivity (Wildman–Crippen MR) is 135 cm³/mol. The van der Waals surface area contributed by atoms with Crippen molar-refractivity contribution < 1.29 is 8.83 Å². The van der Waals surface area contributed by atoms with Gasteiger partial charge in [0.1, 0.15) is 17.6 Å². The molecule has 0 unspecified atom stereocenters. The van der Waals surface area contributed by atoms with Crippen LogP contribution in [0.25, 0.3) is 50.3 Å². The Morgan fingerprint density at radius 1 is 0.771 bits per heavy atom. The second-order valence-electron chi connectivity index (χ2n) is 8.00. The van der Waals surface area contributed by atoms with Gasteiger partial charge in [0.25, 0.3) is 5.22 Å². The molecule has 8 heteroatoms. The number of nitrogens with zero attached hydrogens (tertiary/aromatic N) is 5. The molecule has 0 N–H and O–H groups in total. The van der Waals surface area contributed by atoms with Crippen molar-refractivity contribution in [2.75, 3.05) is 0 Å². The quantitative estimate of drug-likeness (QED) is 0.258. The second-order valence-corrected chi connectivity index (χ2v) is 8.92. The van der Waals surface area contributed by atoms with Gasteiger partial charge in [-0.1, -0.05) is 84.6 Å². The molecule has 3 aromatic carbocycles. The molecule has 0 saturated carbocycles. The number of oxazole rings is 1. The Labute approximate surface area is 203 Å². The van der Waals surface area contributed by atoms with Crippen molar-refractivity contribution in [3.05, 3.63) is 97.1 Å². The van der Waals surface area contributed by atoms with E-state index in [0.29, 0.717) is 28.2 Å². The van der Waals surface area contributed by atoms with Crippen LogP contribution in [-0.4, -0.2) is 24.6 Å². The molecule has 0 aliphatic heterocycles. The van der Waals surface area contributed by atoms with Crippen molar-refractivity contribution in [2.24, 2.45) is 0 Å². The topological polar surface area (TPSA) is 82.2 Å². The van der Waals surface area contributed by atoms with Gasteiger partial charge >= 0.3 is 0 Å². The zero-order valence-corrected chi connectivity index (χ0v) is 19.1. The van der Waals surface area contributed by atoms with E-state index in [2.05, 4.69) is 27.2 Å². The normalized spacial score (nSPS) is 11.7. The lowest BCUT2D eigenvalue weighted by atomic mass is 9.99. The molecule has 0 aliphatic rings. The lowest BCUT2D eigenvalue weighted by Gasteiger charge is -2.03. The molecular formula is C27H17N5O2S.